The Balaban J connectivity index is 1.79. The van der Waals surface area contributed by atoms with Gasteiger partial charge in [-0.2, -0.15) is 0 Å². The average molecular weight is 389 g/mol. The summed E-state index contributed by atoms with van der Waals surface area (Å²) in [5.41, 5.74) is 0.228. The molecule has 1 amide bonds. The Morgan fingerprint density at radius 3 is 2.81 bits per heavy atom. The van der Waals surface area contributed by atoms with E-state index in [0.29, 0.717) is 28.3 Å². The summed E-state index contributed by atoms with van der Waals surface area (Å²) in [6, 6.07) is 6.41. The maximum absolute atomic E-state index is 13.8. The van der Waals surface area contributed by atoms with Gasteiger partial charge in [0.25, 0.3) is 5.91 Å². The van der Waals surface area contributed by atoms with Crippen molar-refractivity contribution in [3.63, 3.8) is 0 Å². The van der Waals surface area contributed by atoms with Crippen LogP contribution in [-0.4, -0.2) is 16.4 Å². The number of benzene rings is 1. The third-order valence-corrected chi connectivity index (χ3v) is 5.52. The topological polar surface area (TPSA) is 42.0 Å². The number of pyridine rings is 1. The number of carbonyl (C=O) groups is 1. The van der Waals surface area contributed by atoms with Crippen LogP contribution in [0.3, 0.4) is 0 Å². The summed E-state index contributed by atoms with van der Waals surface area (Å²) >= 11 is 6.11. The molecule has 5 heteroatoms. The van der Waals surface area contributed by atoms with Crippen molar-refractivity contribution in [1.29, 1.82) is 0 Å². The molecule has 1 atom stereocenters. The summed E-state index contributed by atoms with van der Waals surface area (Å²) in [5.74, 6) is -0.0196. The summed E-state index contributed by atoms with van der Waals surface area (Å²) in [6.45, 7) is 5.85. The summed E-state index contributed by atoms with van der Waals surface area (Å²) in [4.78, 5) is 17.0. The molecule has 1 heterocycles. The molecule has 1 aliphatic carbocycles. The second kappa shape index (κ2) is 8.39. The molecule has 0 radical (unpaired) electrons. The van der Waals surface area contributed by atoms with E-state index in [-0.39, 0.29) is 17.2 Å². The Kier molecular flexibility index (Phi) is 6.15. The maximum Gasteiger partial charge on any atom is 0.253 e. The van der Waals surface area contributed by atoms with Crippen LogP contribution in [0, 0.1) is 11.7 Å². The predicted molar refractivity (Wildman–Crippen MR) is 108 cm³/mol. The third-order valence-electron chi connectivity index (χ3n) is 5.39. The highest BCUT2D eigenvalue weighted by Gasteiger charge is 2.31. The van der Waals surface area contributed by atoms with Gasteiger partial charge in [-0.15, -0.1) is 0 Å². The van der Waals surface area contributed by atoms with Gasteiger partial charge in [-0.1, -0.05) is 62.4 Å². The first-order chi connectivity index (χ1) is 12.9. The van der Waals surface area contributed by atoms with Gasteiger partial charge in [0.05, 0.1) is 5.56 Å². The lowest BCUT2D eigenvalue weighted by atomic mass is 9.78. The van der Waals surface area contributed by atoms with Crippen molar-refractivity contribution in [2.75, 3.05) is 0 Å². The van der Waals surface area contributed by atoms with Gasteiger partial charge >= 0.3 is 0 Å². The van der Waals surface area contributed by atoms with E-state index >= 15 is 0 Å². The van der Waals surface area contributed by atoms with Crippen molar-refractivity contribution in [1.82, 2.24) is 10.3 Å². The maximum atomic E-state index is 13.8. The number of hydrogen-bond donors (Lipinski definition) is 1. The second-order valence-corrected chi connectivity index (χ2v) is 8.49. The Morgan fingerprint density at radius 2 is 2.11 bits per heavy atom. The Bertz CT molecular complexity index is 847. The predicted octanol–water partition coefficient (Wildman–Crippen LogP) is 5.98. The van der Waals surface area contributed by atoms with Crippen LogP contribution in [0.1, 0.15) is 62.2 Å². The van der Waals surface area contributed by atoms with Gasteiger partial charge in [0.1, 0.15) is 11.3 Å². The largest absolute Gasteiger partial charge is 0.346 e. The first kappa shape index (κ1) is 19.8. The van der Waals surface area contributed by atoms with Crippen molar-refractivity contribution >= 4 is 28.4 Å². The van der Waals surface area contributed by atoms with Crippen molar-refractivity contribution in [2.24, 2.45) is 5.92 Å². The van der Waals surface area contributed by atoms with Crippen LogP contribution in [0.5, 0.6) is 0 Å². The van der Waals surface area contributed by atoms with Gasteiger partial charge in [-0.25, -0.2) is 4.39 Å². The van der Waals surface area contributed by atoms with Crippen molar-refractivity contribution < 1.29 is 9.18 Å². The van der Waals surface area contributed by atoms with Gasteiger partial charge in [-0.05, 0) is 31.4 Å². The fourth-order valence-electron chi connectivity index (χ4n) is 4.21. The first-order valence-corrected chi connectivity index (χ1v) is 9.94. The van der Waals surface area contributed by atoms with Crippen LogP contribution in [0.25, 0.3) is 10.9 Å². The lowest BCUT2D eigenvalue weighted by molar-refractivity contribution is 0.0886. The van der Waals surface area contributed by atoms with Crippen molar-refractivity contribution in [3.8, 4) is 0 Å². The molecule has 0 spiro atoms. The number of para-hydroxylation sites is 1. The molecule has 1 aromatic carbocycles. The number of halogens is 2. The zero-order valence-electron chi connectivity index (χ0n) is 15.7. The lowest BCUT2D eigenvalue weighted by Gasteiger charge is -2.36. The van der Waals surface area contributed by atoms with E-state index < -0.39 is 5.54 Å². The lowest BCUT2D eigenvalue weighted by Crippen LogP contribution is -2.47. The fourth-order valence-corrected chi connectivity index (χ4v) is 4.51. The van der Waals surface area contributed by atoms with Crippen LogP contribution < -0.4 is 5.32 Å². The van der Waals surface area contributed by atoms with Crippen LogP contribution in [0.15, 0.2) is 42.1 Å². The number of hydrogen-bond acceptors (Lipinski definition) is 2. The van der Waals surface area contributed by atoms with Gasteiger partial charge in [-0.3, -0.25) is 9.78 Å². The number of carbonyl (C=O) groups excluding carboxylic acids is 1. The highest BCUT2D eigenvalue weighted by atomic mass is 35.5. The molecule has 3 nitrogen and oxygen atoms in total. The molecular weight excluding hydrogens is 363 g/mol. The number of aromatic nitrogens is 1. The van der Waals surface area contributed by atoms with E-state index in [0.717, 1.165) is 6.42 Å². The van der Waals surface area contributed by atoms with Gasteiger partial charge in [0.2, 0.25) is 0 Å². The number of nitrogens with zero attached hydrogens (tertiary/aromatic N) is 1. The minimum Gasteiger partial charge on any atom is -0.346 e. The van der Waals surface area contributed by atoms with Crippen LogP contribution >= 0.6 is 11.6 Å². The highest BCUT2D eigenvalue weighted by molar-refractivity contribution is 6.29. The summed E-state index contributed by atoms with van der Waals surface area (Å²) < 4.78 is 13.8. The van der Waals surface area contributed by atoms with E-state index in [1.165, 1.54) is 44.4 Å². The van der Waals surface area contributed by atoms with Gasteiger partial charge < -0.3 is 5.32 Å². The van der Waals surface area contributed by atoms with E-state index in [1.807, 2.05) is 6.92 Å². The summed E-state index contributed by atoms with van der Waals surface area (Å²) in [7, 11) is 0. The van der Waals surface area contributed by atoms with Crippen LogP contribution in [0.2, 0.25) is 0 Å². The van der Waals surface area contributed by atoms with Crippen LogP contribution in [0.4, 0.5) is 4.39 Å². The third kappa shape index (κ3) is 5.07. The molecular formula is C22H26ClFN2O. The molecule has 1 unspecified atom stereocenters. The quantitative estimate of drug-likeness (QED) is 0.661. The molecule has 1 aromatic heterocycles. The fraction of sp³-hybridized carbons (Fsp3) is 0.455. The van der Waals surface area contributed by atoms with Gasteiger partial charge in [0, 0.05) is 28.6 Å². The second-order valence-electron chi connectivity index (χ2n) is 7.95. The molecule has 0 aliphatic heterocycles. The molecule has 1 fully saturated rings. The summed E-state index contributed by atoms with van der Waals surface area (Å²) in [5, 5.41) is 4.29. The van der Waals surface area contributed by atoms with E-state index in [1.54, 1.807) is 18.2 Å². The normalized spacial score (nSPS) is 17.4. The van der Waals surface area contributed by atoms with E-state index in [4.69, 9.17) is 11.6 Å². The number of amides is 1. The minimum absolute atomic E-state index is 0.218. The summed E-state index contributed by atoms with van der Waals surface area (Å²) in [6.07, 6.45) is 8.99. The smallest absolute Gasteiger partial charge is 0.253 e. The van der Waals surface area contributed by atoms with E-state index in [2.05, 4.69) is 16.9 Å². The minimum atomic E-state index is -0.463. The average Bonchev–Trinajstić information content (AvgIpc) is 2.61. The highest BCUT2D eigenvalue weighted by Crippen LogP contribution is 2.34. The Hall–Kier alpha value is -1.94. The monoisotopic (exact) mass is 388 g/mol. The van der Waals surface area contributed by atoms with E-state index in [9.17, 15) is 9.18 Å². The SMILES string of the molecule is C=C(Cl)CC(C)(CC1CCCCC1)NC(=O)c1cnc2c(F)cccc2c1. The molecule has 2 aromatic rings. The van der Waals surface area contributed by atoms with Crippen LogP contribution in [-0.2, 0) is 0 Å². The molecule has 1 N–H and O–H groups in total. The van der Waals surface area contributed by atoms with Gasteiger partial charge in [0.15, 0.2) is 0 Å². The van der Waals surface area contributed by atoms with Crippen molar-refractivity contribution in [3.05, 3.63) is 53.5 Å². The zero-order chi connectivity index (χ0) is 19.4. The standard InChI is InChI=1S/C22H26ClFN2O/c1-15(23)12-22(2,13-16-7-4-3-5-8-16)26-21(27)18-11-17-9-6-10-19(24)20(17)25-14-18/h6,9-11,14,16H,1,3-5,7-8,12-13H2,2H3,(H,26,27). The molecule has 144 valence electrons. The molecule has 0 bridgehead atoms. The molecule has 1 saturated carbocycles. The number of rotatable bonds is 6. The molecule has 1 aliphatic rings. The number of nitrogens with one attached hydrogen (secondary N) is 1. The zero-order valence-corrected chi connectivity index (χ0v) is 16.5. The first-order valence-electron chi connectivity index (χ1n) is 9.56. The Labute approximate surface area is 165 Å². The molecule has 3 rings (SSSR count). The Morgan fingerprint density at radius 1 is 1.37 bits per heavy atom. The van der Waals surface area contributed by atoms with Crippen molar-refractivity contribution in [2.45, 2.75) is 57.4 Å². The number of fused-ring (bicyclic) bond motifs is 1. The molecule has 0 saturated heterocycles. The molecule has 27 heavy (non-hydrogen) atoms.